The van der Waals surface area contributed by atoms with E-state index < -0.39 is 22.8 Å². The second kappa shape index (κ2) is 8.38. The molecule has 2 N–H and O–H groups in total. The average Bonchev–Trinajstić information content (AvgIpc) is 2.56. The molecule has 1 aliphatic carbocycles. The first kappa shape index (κ1) is 18.6. The molecule has 1 aliphatic rings. The van der Waals surface area contributed by atoms with Crippen molar-refractivity contribution in [1.82, 2.24) is 5.32 Å². The number of carboxylic acids is 1. The van der Waals surface area contributed by atoms with Crippen LogP contribution >= 0.6 is 11.6 Å². The van der Waals surface area contributed by atoms with E-state index in [4.69, 9.17) is 16.3 Å². The van der Waals surface area contributed by atoms with Crippen molar-refractivity contribution in [2.24, 2.45) is 0 Å². The zero-order valence-electron chi connectivity index (χ0n) is 13.9. The number of ether oxygens (including phenoxy) is 1. The number of methoxy groups -OCH3 is 1. The van der Waals surface area contributed by atoms with E-state index in [0.29, 0.717) is 24.2 Å². The Morgan fingerprint density at radius 1 is 1.17 bits per heavy atom. The Bertz CT molecular complexity index is 582. The highest BCUT2D eigenvalue weighted by atomic mass is 35.5. The molecule has 1 saturated carbocycles. The summed E-state index contributed by atoms with van der Waals surface area (Å²) in [5.41, 5.74) is -0.697. The SMILES string of the molecule is COc1ccccc1C(Cl)C(=O)NC1(C(=O)O)CCCCCCC1. The zero-order valence-corrected chi connectivity index (χ0v) is 14.6. The first-order valence-corrected chi connectivity index (χ1v) is 8.76. The van der Waals surface area contributed by atoms with Crippen molar-refractivity contribution in [3.8, 4) is 5.75 Å². The van der Waals surface area contributed by atoms with Gasteiger partial charge in [-0.15, -0.1) is 11.6 Å². The van der Waals surface area contributed by atoms with Crippen LogP contribution in [0.15, 0.2) is 24.3 Å². The van der Waals surface area contributed by atoms with Crippen LogP contribution in [0.25, 0.3) is 0 Å². The van der Waals surface area contributed by atoms with E-state index in [1.165, 1.54) is 7.11 Å². The maximum Gasteiger partial charge on any atom is 0.329 e. The van der Waals surface area contributed by atoms with Gasteiger partial charge in [-0.25, -0.2) is 4.79 Å². The molecule has 0 aromatic heterocycles. The Labute approximate surface area is 147 Å². The number of nitrogens with one attached hydrogen (secondary N) is 1. The number of hydrogen-bond acceptors (Lipinski definition) is 3. The van der Waals surface area contributed by atoms with Gasteiger partial charge in [0.15, 0.2) is 0 Å². The highest BCUT2D eigenvalue weighted by molar-refractivity contribution is 6.31. The van der Waals surface area contributed by atoms with Crippen LogP contribution in [0.5, 0.6) is 5.75 Å². The van der Waals surface area contributed by atoms with Gasteiger partial charge in [0.1, 0.15) is 16.7 Å². The second-order valence-corrected chi connectivity index (χ2v) is 6.69. The number of carbonyl (C=O) groups is 2. The standard InChI is InChI=1S/C18H24ClNO4/c1-24-14-10-6-5-9-13(14)15(19)16(21)20-18(17(22)23)11-7-3-2-4-8-12-18/h5-6,9-10,15H,2-4,7-8,11-12H2,1H3,(H,20,21)(H,22,23). The first-order chi connectivity index (χ1) is 11.5. The largest absolute Gasteiger partial charge is 0.496 e. The van der Waals surface area contributed by atoms with Gasteiger partial charge in [-0.05, 0) is 18.9 Å². The molecular weight excluding hydrogens is 330 g/mol. The van der Waals surface area contributed by atoms with Gasteiger partial charge in [0, 0.05) is 5.56 Å². The van der Waals surface area contributed by atoms with Gasteiger partial charge in [0.05, 0.1) is 7.11 Å². The Balaban J connectivity index is 2.19. The Kier molecular flexibility index (Phi) is 6.49. The molecule has 0 aliphatic heterocycles. The van der Waals surface area contributed by atoms with Crippen molar-refractivity contribution in [2.45, 2.75) is 55.9 Å². The van der Waals surface area contributed by atoms with Gasteiger partial charge in [0.25, 0.3) is 0 Å². The van der Waals surface area contributed by atoms with E-state index in [9.17, 15) is 14.7 Å². The Morgan fingerprint density at radius 2 is 1.75 bits per heavy atom. The molecule has 2 rings (SSSR count). The number of rotatable bonds is 5. The van der Waals surface area contributed by atoms with Crippen LogP contribution < -0.4 is 10.1 Å². The summed E-state index contributed by atoms with van der Waals surface area (Å²) in [7, 11) is 1.51. The van der Waals surface area contributed by atoms with Crippen molar-refractivity contribution in [3.05, 3.63) is 29.8 Å². The van der Waals surface area contributed by atoms with Crippen molar-refractivity contribution < 1.29 is 19.4 Å². The van der Waals surface area contributed by atoms with Gasteiger partial charge in [-0.1, -0.05) is 50.3 Å². The molecule has 132 valence electrons. The van der Waals surface area contributed by atoms with Crippen LogP contribution in [0.3, 0.4) is 0 Å². The lowest BCUT2D eigenvalue weighted by molar-refractivity contribution is -0.148. The van der Waals surface area contributed by atoms with E-state index >= 15 is 0 Å². The van der Waals surface area contributed by atoms with Crippen LogP contribution in [0.4, 0.5) is 0 Å². The number of amides is 1. The number of benzene rings is 1. The fourth-order valence-electron chi connectivity index (χ4n) is 3.22. The number of halogens is 1. The molecule has 0 heterocycles. The molecule has 1 fully saturated rings. The van der Waals surface area contributed by atoms with Gasteiger partial charge in [0.2, 0.25) is 5.91 Å². The number of aliphatic carboxylic acids is 1. The first-order valence-electron chi connectivity index (χ1n) is 8.32. The lowest BCUT2D eigenvalue weighted by Gasteiger charge is -2.33. The molecule has 1 atom stereocenters. The third-order valence-electron chi connectivity index (χ3n) is 4.62. The maximum absolute atomic E-state index is 12.6. The molecule has 1 unspecified atom stereocenters. The average molecular weight is 354 g/mol. The summed E-state index contributed by atoms with van der Waals surface area (Å²) in [6.45, 7) is 0. The predicted octanol–water partition coefficient (Wildman–Crippen LogP) is 3.66. The van der Waals surface area contributed by atoms with Gasteiger partial charge < -0.3 is 15.2 Å². The lowest BCUT2D eigenvalue weighted by Crippen LogP contribution is -2.55. The van der Waals surface area contributed by atoms with Crippen molar-refractivity contribution in [2.75, 3.05) is 7.11 Å². The summed E-state index contributed by atoms with van der Waals surface area (Å²) in [6.07, 6.45) is 5.53. The Hall–Kier alpha value is -1.75. The van der Waals surface area contributed by atoms with E-state index in [0.717, 1.165) is 32.1 Å². The van der Waals surface area contributed by atoms with Crippen molar-refractivity contribution in [1.29, 1.82) is 0 Å². The van der Waals surface area contributed by atoms with Crippen molar-refractivity contribution >= 4 is 23.5 Å². The van der Waals surface area contributed by atoms with Gasteiger partial charge in [-0.2, -0.15) is 0 Å². The molecule has 5 nitrogen and oxygen atoms in total. The van der Waals surface area contributed by atoms with Crippen LogP contribution in [0, 0.1) is 0 Å². The molecule has 0 saturated heterocycles. The molecular formula is C18H24ClNO4. The minimum atomic E-state index is -1.23. The van der Waals surface area contributed by atoms with E-state index in [1.807, 2.05) is 0 Å². The summed E-state index contributed by atoms with van der Waals surface area (Å²) in [6, 6.07) is 6.99. The molecule has 24 heavy (non-hydrogen) atoms. The second-order valence-electron chi connectivity index (χ2n) is 6.25. The number of alkyl halides is 1. The summed E-state index contributed by atoms with van der Waals surface area (Å²) in [4.78, 5) is 24.5. The molecule has 1 aromatic carbocycles. The van der Waals surface area contributed by atoms with Crippen LogP contribution in [0.1, 0.15) is 55.9 Å². The molecule has 0 spiro atoms. The minimum Gasteiger partial charge on any atom is -0.496 e. The number of carbonyl (C=O) groups excluding carboxylic acids is 1. The third kappa shape index (κ3) is 4.20. The quantitative estimate of drug-likeness (QED) is 0.792. The highest BCUT2D eigenvalue weighted by Crippen LogP contribution is 2.32. The molecule has 1 aromatic rings. The molecule has 0 bridgehead atoms. The van der Waals surface area contributed by atoms with Crippen LogP contribution in [0.2, 0.25) is 0 Å². The highest BCUT2D eigenvalue weighted by Gasteiger charge is 2.41. The zero-order chi connectivity index (χ0) is 17.6. The minimum absolute atomic E-state index is 0.434. The van der Waals surface area contributed by atoms with Crippen LogP contribution in [-0.2, 0) is 9.59 Å². The smallest absolute Gasteiger partial charge is 0.329 e. The molecule has 1 amide bonds. The summed E-state index contributed by atoms with van der Waals surface area (Å²) in [5.74, 6) is -0.972. The fraction of sp³-hybridized carbons (Fsp3) is 0.556. The van der Waals surface area contributed by atoms with Gasteiger partial charge >= 0.3 is 5.97 Å². The number of para-hydroxylation sites is 1. The number of hydrogen-bond donors (Lipinski definition) is 2. The molecule has 6 heteroatoms. The number of carboxylic acid groups (broad SMARTS) is 1. The van der Waals surface area contributed by atoms with Crippen molar-refractivity contribution in [3.63, 3.8) is 0 Å². The Morgan fingerprint density at radius 3 is 2.33 bits per heavy atom. The maximum atomic E-state index is 12.6. The fourth-order valence-corrected chi connectivity index (χ4v) is 3.45. The third-order valence-corrected chi connectivity index (χ3v) is 5.05. The monoisotopic (exact) mass is 353 g/mol. The van der Waals surface area contributed by atoms with Gasteiger partial charge in [-0.3, -0.25) is 4.79 Å². The topological polar surface area (TPSA) is 75.6 Å². The summed E-state index contributed by atoms with van der Waals surface area (Å²) < 4.78 is 5.23. The normalized spacial score (nSPS) is 18.8. The summed E-state index contributed by atoms with van der Waals surface area (Å²) >= 11 is 6.31. The van der Waals surface area contributed by atoms with E-state index in [1.54, 1.807) is 24.3 Å². The predicted molar refractivity (Wildman–Crippen MR) is 92.4 cm³/mol. The van der Waals surface area contributed by atoms with E-state index in [2.05, 4.69) is 5.32 Å². The lowest BCUT2D eigenvalue weighted by atomic mass is 9.83. The summed E-state index contributed by atoms with van der Waals surface area (Å²) in [5, 5.41) is 11.5. The molecule has 0 radical (unpaired) electrons. The van der Waals surface area contributed by atoms with Crippen LogP contribution in [-0.4, -0.2) is 29.6 Å². The van der Waals surface area contributed by atoms with E-state index in [-0.39, 0.29) is 0 Å².